The molecule has 6 nitrogen and oxygen atoms in total. The van der Waals surface area contributed by atoms with E-state index in [1.54, 1.807) is 21.3 Å². The fourth-order valence-corrected chi connectivity index (χ4v) is 6.29. The Bertz CT molecular complexity index is 518. The minimum Gasteiger partial charge on any atom is -0.356 e. The second kappa shape index (κ2) is 5.15. The first-order valence-corrected chi connectivity index (χ1v) is 8.83. The molecule has 3 heterocycles. The van der Waals surface area contributed by atoms with Gasteiger partial charge in [-0.3, -0.25) is 0 Å². The monoisotopic (exact) mass is 342 g/mol. The highest BCUT2D eigenvalue weighted by Crippen LogP contribution is 2.77. The number of rotatable bonds is 3. The topological polar surface area (TPSA) is 55.4 Å². The molecule has 0 aromatic carbocycles. The van der Waals surface area contributed by atoms with E-state index in [1.807, 2.05) is 0 Å². The minimum absolute atomic E-state index is 0.00642. The zero-order chi connectivity index (χ0) is 17.4. The lowest BCUT2D eigenvalue weighted by molar-refractivity contribution is -0.214. The Balaban J connectivity index is 1.88. The van der Waals surface area contributed by atoms with Crippen molar-refractivity contribution >= 4 is 0 Å². The van der Waals surface area contributed by atoms with Crippen molar-refractivity contribution in [2.24, 2.45) is 16.2 Å². The third-order valence-corrected chi connectivity index (χ3v) is 7.23. The van der Waals surface area contributed by atoms with E-state index >= 15 is 0 Å². The molecule has 0 aromatic heterocycles. The summed E-state index contributed by atoms with van der Waals surface area (Å²) in [4.78, 5) is 0. The van der Waals surface area contributed by atoms with Gasteiger partial charge < -0.3 is 28.4 Å². The smallest absolute Gasteiger partial charge is 0.166 e. The summed E-state index contributed by atoms with van der Waals surface area (Å²) in [5, 5.41) is 0. The van der Waals surface area contributed by atoms with E-state index in [9.17, 15) is 0 Å². The van der Waals surface area contributed by atoms with Crippen molar-refractivity contribution < 1.29 is 28.4 Å². The molecule has 0 radical (unpaired) electrons. The van der Waals surface area contributed by atoms with Crippen molar-refractivity contribution in [2.45, 2.75) is 70.6 Å². The summed E-state index contributed by atoms with van der Waals surface area (Å²) >= 11 is 0. The van der Waals surface area contributed by atoms with E-state index < -0.39 is 0 Å². The van der Waals surface area contributed by atoms with Gasteiger partial charge in [0.1, 0.15) is 0 Å². The standard InChI is InChI=1S/C18H30O6/c1-15(2,3)18-7-11-17(9-12(19-4)23-11)14(21-6)22-10-16(17,18)8-13(20-5)24-18/h11-14H,7-10H2,1-6H3/t11-,12?,13?,14+,16+,17-,18-/m0/s1. The van der Waals surface area contributed by atoms with Gasteiger partial charge in [0.05, 0.1) is 23.7 Å². The van der Waals surface area contributed by atoms with Crippen LogP contribution in [0.3, 0.4) is 0 Å². The summed E-state index contributed by atoms with van der Waals surface area (Å²) in [5.74, 6) is 0. The molecule has 0 amide bonds. The van der Waals surface area contributed by atoms with Crippen LogP contribution in [0.5, 0.6) is 0 Å². The molecule has 7 atom stereocenters. The van der Waals surface area contributed by atoms with Gasteiger partial charge in [-0.05, 0) is 5.41 Å². The lowest BCUT2D eigenvalue weighted by atomic mass is 9.54. The number of hydrogen-bond acceptors (Lipinski definition) is 6. The molecule has 6 heteroatoms. The van der Waals surface area contributed by atoms with E-state index in [-0.39, 0.29) is 46.8 Å². The van der Waals surface area contributed by atoms with E-state index in [0.717, 1.165) is 19.3 Å². The Labute approximate surface area is 144 Å². The zero-order valence-electron chi connectivity index (χ0n) is 15.6. The molecule has 3 saturated heterocycles. The predicted molar refractivity (Wildman–Crippen MR) is 85.2 cm³/mol. The van der Waals surface area contributed by atoms with Gasteiger partial charge in [0, 0.05) is 46.0 Å². The SMILES string of the molecule is COC1C[C@]23[C@H](OC)OC[C@]24CC(OC)O[C@]4(C(C)(C)C)C[C@@H]3O1. The van der Waals surface area contributed by atoms with E-state index in [2.05, 4.69) is 20.8 Å². The Hall–Kier alpha value is -0.240. The molecule has 1 saturated carbocycles. The van der Waals surface area contributed by atoms with E-state index in [1.165, 1.54) is 0 Å². The molecule has 3 aliphatic heterocycles. The van der Waals surface area contributed by atoms with Gasteiger partial charge in [0.2, 0.25) is 0 Å². The number of hydrogen-bond donors (Lipinski definition) is 0. The predicted octanol–water partition coefficient (Wildman–Crippen LogP) is 2.30. The molecule has 0 N–H and O–H groups in total. The largest absolute Gasteiger partial charge is 0.356 e. The van der Waals surface area contributed by atoms with Gasteiger partial charge in [0.25, 0.3) is 0 Å². The Morgan fingerprint density at radius 1 is 0.917 bits per heavy atom. The highest BCUT2D eigenvalue weighted by Gasteiger charge is 2.85. The summed E-state index contributed by atoms with van der Waals surface area (Å²) in [6, 6.07) is 0. The molecule has 4 fully saturated rings. The lowest BCUT2D eigenvalue weighted by Crippen LogP contribution is -2.57. The van der Waals surface area contributed by atoms with Gasteiger partial charge in [-0.2, -0.15) is 0 Å². The van der Waals surface area contributed by atoms with E-state index in [4.69, 9.17) is 28.4 Å². The van der Waals surface area contributed by atoms with Crippen LogP contribution >= 0.6 is 0 Å². The Kier molecular flexibility index (Phi) is 3.69. The minimum atomic E-state index is -0.364. The van der Waals surface area contributed by atoms with Crippen LogP contribution < -0.4 is 0 Å². The first kappa shape index (κ1) is 17.2. The maximum Gasteiger partial charge on any atom is 0.166 e. The molecule has 4 aliphatic rings. The fourth-order valence-electron chi connectivity index (χ4n) is 6.29. The third kappa shape index (κ3) is 1.68. The molecule has 24 heavy (non-hydrogen) atoms. The molecule has 4 rings (SSSR count). The van der Waals surface area contributed by atoms with Crippen molar-refractivity contribution in [3.8, 4) is 0 Å². The van der Waals surface area contributed by atoms with Gasteiger partial charge in [-0.15, -0.1) is 0 Å². The Morgan fingerprint density at radius 3 is 2.21 bits per heavy atom. The normalized spacial score (nSPS) is 53.2. The highest BCUT2D eigenvalue weighted by atomic mass is 16.7. The van der Waals surface area contributed by atoms with Crippen LogP contribution in [-0.4, -0.2) is 58.5 Å². The molecule has 0 bridgehead atoms. The molecule has 138 valence electrons. The van der Waals surface area contributed by atoms with Crippen LogP contribution in [0.15, 0.2) is 0 Å². The maximum atomic E-state index is 6.61. The van der Waals surface area contributed by atoms with Crippen molar-refractivity contribution in [1.82, 2.24) is 0 Å². The summed E-state index contributed by atoms with van der Waals surface area (Å²) in [6.07, 6.45) is 1.66. The van der Waals surface area contributed by atoms with E-state index in [0.29, 0.717) is 6.61 Å². The number of ether oxygens (including phenoxy) is 6. The summed E-state index contributed by atoms with van der Waals surface area (Å²) in [5.41, 5.74) is -0.895. The molecule has 0 aromatic rings. The summed E-state index contributed by atoms with van der Waals surface area (Å²) in [6.45, 7) is 7.35. The fraction of sp³-hybridized carbons (Fsp3) is 1.00. The van der Waals surface area contributed by atoms with Gasteiger partial charge >= 0.3 is 0 Å². The molecule has 2 unspecified atom stereocenters. The summed E-state index contributed by atoms with van der Waals surface area (Å²) < 4.78 is 36.1. The maximum absolute atomic E-state index is 6.61. The van der Waals surface area contributed by atoms with Crippen molar-refractivity contribution in [3.63, 3.8) is 0 Å². The second-order valence-corrected chi connectivity index (χ2v) is 8.76. The van der Waals surface area contributed by atoms with Gasteiger partial charge in [-0.25, -0.2) is 0 Å². The van der Waals surface area contributed by atoms with Gasteiger partial charge in [-0.1, -0.05) is 20.8 Å². The lowest BCUT2D eigenvalue weighted by Gasteiger charge is -2.50. The quantitative estimate of drug-likeness (QED) is 0.784. The second-order valence-electron chi connectivity index (χ2n) is 8.76. The van der Waals surface area contributed by atoms with Crippen molar-refractivity contribution in [2.75, 3.05) is 27.9 Å². The molecular weight excluding hydrogens is 312 g/mol. The van der Waals surface area contributed by atoms with Crippen LogP contribution in [0.1, 0.15) is 40.0 Å². The van der Waals surface area contributed by atoms with Crippen LogP contribution in [0.25, 0.3) is 0 Å². The highest BCUT2D eigenvalue weighted by molar-refractivity contribution is 5.29. The van der Waals surface area contributed by atoms with Crippen molar-refractivity contribution in [1.29, 1.82) is 0 Å². The zero-order valence-corrected chi connectivity index (χ0v) is 15.6. The average Bonchev–Trinajstić information content (AvgIpc) is 3.18. The summed E-state index contributed by atoms with van der Waals surface area (Å²) in [7, 11) is 5.14. The molecule has 1 aliphatic carbocycles. The van der Waals surface area contributed by atoms with Crippen LogP contribution in [0, 0.1) is 16.2 Å². The van der Waals surface area contributed by atoms with Gasteiger partial charge in [0.15, 0.2) is 18.9 Å². The van der Waals surface area contributed by atoms with Crippen LogP contribution in [0.2, 0.25) is 0 Å². The average molecular weight is 342 g/mol. The number of methoxy groups -OCH3 is 3. The Morgan fingerprint density at radius 2 is 1.62 bits per heavy atom. The third-order valence-electron chi connectivity index (χ3n) is 7.23. The first-order valence-electron chi connectivity index (χ1n) is 8.83. The van der Waals surface area contributed by atoms with Crippen molar-refractivity contribution in [3.05, 3.63) is 0 Å². The molecule has 2 spiro atoms. The molecular formula is C18H30O6. The van der Waals surface area contributed by atoms with Crippen LogP contribution in [-0.2, 0) is 28.4 Å². The van der Waals surface area contributed by atoms with Crippen LogP contribution in [0.4, 0.5) is 0 Å². The first-order chi connectivity index (χ1) is 11.3.